The van der Waals surface area contributed by atoms with E-state index in [2.05, 4.69) is 5.32 Å². The molecule has 0 fully saturated rings. The first-order valence-electron chi connectivity index (χ1n) is 7.60. The van der Waals surface area contributed by atoms with Gasteiger partial charge in [-0.25, -0.2) is 12.7 Å². The molecule has 128 valence electrons. The summed E-state index contributed by atoms with van der Waals surface area (Å²) < 4.78 is 24.7. The van der Waals surface area contributed by atoms with E-state index >= 15 is 0 Å². The van der Waals surface area contributed by atoms with Crippen molar-refractivity contribution in [3.05, 3.63) is 29.8 Å². The number of nitrogens with one attached hydrogen (secondary N) is 1. The molecular weight excluding hydrogens is 316 g/mol. The highest BCUT2D eigenvalue weighted by atomic mass is 32.2. The Morgan fingerprint density at radius 3 is 2.22 bits per heavy atom. The highest BCUT2D eigenvalue weighted by molar-refractivity contribution is 7.88. The molecule has 1 aromatic carbocycles. The summed E-state index contributed by atoms with van der Waals surface area (Å²) in [6.07, 6.45) is 2.90. The molecule has 0 saturated heterocycles. The smallest absolute Gasteiger partial charge is 0.225 e. The molecule has 1 amide bonds. The summed E-state index contributed by atoms with van der Waals surface area (Å²) in [6, 6.07) is 6.59. The predicted molar refractivity (Wildman–Crippen MR) is 91.0 cm³/mol. The summed E-state index contributed by atoms with van der Waals surface area (Å²) in [6.45, 7) is 4.05. The molecule has 0 atom stereocenters. The fraction of sp³-hybridized carbons (Fsp3) is 0.500. The molecule has 0 heterocycles. The maximum Gasteiger partial charge on any atom is 0.225 e. The molecule has 0 radical (unpaired) electrons. The third kappa shape index (κ3) is 6.92. The minimum atomic E-state index is -3.30. The van der Waals surface area contributed by atoms with Gasteiger partial charge in [0.2, 0.25) is 15.9 Å². The van der Waals surface area contributed by atoms with Crippen molar-refractivity contribution >= 4 is 27.4 Å². The monoisotopic (exact) mass is 340 g/mol. The van der Waals surface area contributed by atoms with Gasteiger partial charge in [0.15, 0.2) is 5.78 Å². The number of hydrogen-bond acceptors (Lipinski definition) is 4. The number of hydrogen-bond donors (Lipinski definition) is 1. The van der Waals surface area contributed by atoms with Crippen molar-refractivity contribution in [2.24, 2.45) is 0 Å². The van der Waals surface area contributed by atoms with E-state index in [0.29, 0.717) is 17.8 Å². The number of ketones is 1. The van der Waals surface area contributed by atoms with Gasteiger partial charge >= 0.3 is 0 Å². The molecule has 0 unspecified atom stereocenters. The molecule has 7 heteroatoms. The van der Waals surface area contributed by atoms with Crippen molar-refractivity contribution in [3.63, 3.8) is 0 Å². The number of Topliss-reactive ketones (excluding diaryl/α,β-unsaturated/α-hetero) is 1. The van der Waals surface area contributed by atoms with Gasteiger partial charge in [0, 0.05) is 30.8 Å². The van der Waals surface area contributed by atoms with E-state index in [1.54, 1.807) is 24.3 Å². The molecule has 0 aliphatic carbocycles. The molecule has 0 bridgehead atoms. The van der Waals surface area contributed by atoms with Crippen LogP contribution in [0.3, 0.4) is 0 Å². The van der Waals surface area contributed by atoms with Gasteiger partial charge in [0.1, 0.15) is 0 Å². The van der Waals surface area contributed by atoms with Gasteiger partial charge in [-0.1, -0.05) is 13.3 Å². The first-order chi connectivity index (χ1) is 10.7. The standard InChI is InChI=1S/C16H24N2O4S/c1-4-5-11-18(23(3,21)22)12-10-16(20)17-15-8-6-14(7-9-15)13(2)19/h6-9H,4-5,10-12H2,1-3H3,(H,17,20). The van der Waals surface area contributed by atoms with Gasteiger partial charge in [0.05, 0.1) is 6.26 Å². The highest BCUT2D eigenvalue weighted by Gasteiger charge is 2.17. The summed E-state index contributed by atoms with van der Waals surface area (Å²) in [5, 5.41) is 2.70. The summed E-state index contributed by atoms with van der Waals surface area (Å²) >= 11 is 0. The SMILES string of the molecule is CCCCN(CCC(=O)Nc1ccc(C(C)=O)cc1)S(C)(=O)=O. The van der Waals surface area contributed by atoms with Crippen LogP contribution in [0.1, 0.15) is 43.5 Å². The Bertz CT molecular complexity index is 639. The van der Waals surface area contributed by atoms with Crippen LogP contribution < -0.4 is 5.32 Å². The molecule has 0 saturated carbocycles. The number of nitrogens with zero attached hydrogens (tertiary/aromatic N) is 1. The van der Waals surface area contributed by atoms with Crippen molar-refractivity contribution in [1.29, 1.82) is 0 Å². The van der Waals surface area contributed by atoms with Crippen molar-refractivity contribution in [2.75, 3.05) is 24.7 Å². The van der Waals surface area contributed by atoms with Gasteiger partial charge in [-0.2, -0.15) is 0 Å². The fourth-order valence-corrected chi connectivity index (χ4v) is 2.90. The minimum Gasteiger partial charge on any atom is -0.326 e. The van der Waals surface area contributed by atoms with E-state index < -0.39 is 10.0 Å². The molecular formula is C16H24N2O4S. The number of carbonyl (C=O) groups is 2. The van der Waals surface area contributed by atoms with Crippen molar-refractivity contribution < 1.29 is 18.0 Å². The van der Waals surface area contributed by atoms with Gasteiger partial charge in [-0.15, -0.1) is 0 Å². The third-order valence-corrected chi connectivity index (χ3v) is 4.70. The molecule has 0 aromatic heterocycles. The number of benzene rings is 1. The second-order valence-electron chi connectivity index (χ2n) is 5.45. The molecule has 23 heavy (non-hydrogen) atoms. The maximum absolute atomic E-state index is 11.9. The number of unbranched alkanes of at least 4 members (excludes halogenated alkanes) is 1. The molecule has 0 spiro atoms. The van der Waals surface area contributed by atoms with Gasteiger partial charge in [0.25, 0.3) is 0 Å². The second-order valence-corrected chi connectivity index (χ2v) is 7.43. The normalized spacial score (nSPS) is 11.5. The summed E-state index contributed by atoms with van der Waals surface area (Å²) in [4.78, 5) is 23.1. The predicted octanol–water partition coefficient (Wildman–Crippen LogP) is 2.28. The zero-order chi connectivity index (χ0) is 17.5. The summed E-state index contributed by atoms with van der Waals surface area (Å²) in [7, 11) is -3.30. The van der Waals surface area contributed by atoms with E-state index in [1.807, 2.05) is 6.92 Å². The second kappa shape index (κ2) is 8.79. The molecule has 1 aromatic rings. The maximum atomic E-state index is 11.9. The van der Waals surface area contributed by atoms with Crippen LogP contribution in [0.4, 0.5) is 5.69 Å². The van der Waals surface area contributed by atoms with Crippen LogP contribution in [0.15, 0.2) is 24.3 Å². The Hall–Kier alpha value is -1.73. The van der Waals surface area contributed by atoms with Gasteiger partial charge in [-0.05, 0) is 37.6 Å². The largest absolute Gasteiger partial charge is 0.326 e. The average molecular weight is 340 g/mol. The van der Waals surface area contributed by atoms with E-state index in [9.17, 15) is 18.0 Å². The van der Waals surface area contributed by atoms with Crippen molar-refractivity contribution in [3.8, 4) is 0 Å². The number of amides is 1. The Labute approximate surface area is 137 Å². The van der Waals surface area contributed by atoms with Crippen LogP contribution in [-0.2, 0) is 14.8 Å². The lowest BCUT2D eigenvalue weighted by atomic mass is 10.1. The Morgan fingerprint density at radius 2 is 1.74 bits per heavy atom. The minimum absolute atomic E-state index is 0.0393. The first kappa shape index (κ1) is 19.3. The Balaban J connectivity index is 2.56. The van der Waals surface area contributed by atoms with Crippen LogP contribution in [0.2, 0.25) is 0 Å². The number of sulfonamides is 1. The van der Waals surface area contributed by atoms with Crippen LogP contribution >= 0.6 is 0 Å². The number of rotatable bonds is 9. The zero-order valence-electron chi connectivity index (χ0n) is 13.8. The number of carbonyl (C=O) groups excluding carboxylic acids is 2. The van der Waals surface area contributed by atoms with Crippen LogP contribution in [-0.4, -0.2) is 43.8 Å². The lowest BCUT2D eigenvalue weighted by Crippen LogP contribution is -2.33. The number of anilines is 1. The first-order valence-corrected chi connectivity index (χ1v) is 9.45. The molecule has 1 N–H and O–H groups in total. The Kier molecular flexibility index (Phi) is 7.38. The molecule has 0 aliphatic heterocycles. The quantitative estimate of drug-likeness (QED) is 0.699. The molecule has 0 aliphatic rings. The molecule has 6 nitrogen and oxygen atoms in total. The van der Waals surface area contributed by atoms with E-state index in [4.69, 9.17) is 0 Å². The van der Waals surface area contributed by atoms with Crippen LogP contribution in [0, 0.1) is 0 Å². The van der Waals surface area contributed by atoms with Crippen molar-refractivity contribution in [1.82, 2.24) is 4.31 Å². The van der Waals surface area contributed by atoms with Gasteiger partial charge in [-0.3, -0.25) is 9.59 Å². The average Bonchev–Trinajstić information content (AvgIpc) is 2.46. The Morgan fingerprint density at radius 1 is 1.13 bits per heavy atom. The zero-order valence-corrected chi connectivity index (χ0v) is 14.6. The molecule has 1 rings (SSSR count). The van der Waals surface area contributed by atoms with E-state index in [0.717, 1.165) is 19.1 Å². The fourth-order valence-electron chi connectivity index (χ4n) is 2.02. The lowest BCUT2D eigenvalue weighted by Gasteiger charge is -2.19. The topological polar surface area (TPSA) is 83.6 Å². The highest BCUT2D eigenvalue weighted by Crippen LogP contribution is 2.11. The van der Waals surface area contributed by atoms with Crippen LogP contribution in [0.5, 0.6) is 0 Å². The third-order valence-electron chi connectivity index (χ3n) is 3.39. The van der Waals surface area contributed by atoms with E-state index in [-0.39, 0.29) is 24.7 Å². The summed E-state index contributed by atoms with van der Waals surface area (Å²) in [5.74, 6) is -0.298. The summed E-state index contributed by atoms with van der Waals surface area (Å²) in [5.41, 5.74) is 1.16. The van der Waals surface area contributed by atoms with Gasteiger partial charge < -0.3 is 5.32 Å². The van der Waals surface area contributed by atoms with Crippen LogP contribution in [0.25, 0.3) is 0 Å². The van der Waals surface area contributed by atoms with Crippen molar-refractivity contribution in [2.45, 2.75) is 33.1 Å². The lowest BCUT2D eigenvalue weighted by molar-refractivity contribution is -0.116. The van der Waals surface area contributed by atoms with E-state index in [1.165, 1.54) is 11.2 Å².